The van der Waals surface area contributed by atoms with Gasteiger partial charge in [-0.05, 0) is 129 Å². The van der Waals surface area contributed by atoms with Gasteiger partial charge >= 0.3 is 6.11 Å². The zero-order valence-electron chi connectivity index (χ0n) is 22.5. The van der Waals surface area contributed by atoms with Crippen LogP contribution in [0.1, 0.15) is 89.5 Å². The number of rotatable bonds is 6. The molecule has 0 N–H and O–H groups in total. The Morgan fingerprint density at radius 2 is 1.18 bits per heavy atom. The monoisotopic (exact) mass is 523 g/mol. The molecule has 2 aromatic rings. The van der Waals surface area contributed by atoms with Crippen molar-refractivity contribution < 1.29 is 17.9 Å². The Balaban J connectivity index is 1.10. The van der Waals surface area contributed by atoms with Gasteiger partial charge in [0.2, 0.25) is 0 Å². The Bertz CT molecular complexity index is 1100. The van der Waals surface area contributed by atoms with Crippen molar-refractivity contribution in [1.29, 1.82) is 5.26 Å². The van der Waals surface area contributed by atoms with Gasteiger partial charge in [0, 0.05) is 0 Å². The van der Waals surface area contributed by atoms with Gasteiger partial charge in [-0.2, -0.15) is 14.0 Å². The highest BCUT2D eigenvalue weighted by Crippen LogP contribution is 2.48. The van der Waals surface area contributed by atoms with Crippen LogP contribution in [0.4, 0.5) is 13.2 Å². The molecule has 0 saturated heterocycles. The van der Waals surface area contributed by atoms with Crippen molar-refractivity contribution in [2.24, 2.45) is 35.5 Å². The van der Waals surface area contributed by atoms with Gasteiger partial charge < -0.3 is 4.74 Å². The fourth-order valence-electron chi connectivity index (χ4n) is 7.51. The minimum atomic E-state index is -3.21. The van der Waals surface area contributed by atoms with Crippen molar-refractivity contribution in [3.05, 3.63) is 53.8 Å². The van der Waals surface area contributed by atoms with E-state index in [1.165, 1.54) is 75.6 Å². The van der Waals surface area contributed by atoms with E-state index in [-0.39, 0.29) is 11.3 Å². The number of hydrogen-bond acceptors (Lipinski definition) is 2. The average molecular weight is 524 g/mol. The Labute approximate surface area is 225 Å². The van der Waals surface area contributed by atoms with Crippen LogP contribution in [-0.4, -0.2) is 6.11 Å². The van der Waals surface area contributed by atoms with Crippen LogP contribution in [0.15, 0.2) is 42.5 Å². The highest BCUT2D eigenvalue weighted by molar-refractivity contribution is 5.65. The van der Waals surface area contributed by atoms with Gasteiger partial charge in [0.25, 0.3) is 0 Å². The molecule has 5 heteroatoms. The molecule has 0 radical (unpaired) electrons. The fraction of sp³-hybridized carbons (Fsp3) is 0.606. The summed E-state index contributed by atoms with van der Waals surface area (Å²) in [6.45, 7) is 2.39. The summed E-state index contributed by atoms with van der Waals surface area (Å²) in [6.07, 6.45) is 10.4. The summed E-state index contributed by atoms with van der Waals surface area (Å²) in [5.74, 6) is 2.79. The number of halogens is 3. The molecule has 204 valence electrons. The molecular weight excluding hydrogens is 483 g/mol. The summed E-state index contributed by atoms with van der Waals surface area (Å²) < 4.78 is 49.4. The minimum absolute atomic E-state index is 0.0233. The molecule has 3 fully saturated rings. The van der Waals surface area contributed by atoms with Gasteiger partial charge in [0.05, 0.1) is 11.5 Å². The predicted molar refractivity (Wildman–Crippen MR) is 144 cm³/mol. The third kappa shape index (κ3) is 6.22. The largest absolute Gasteiger partial charge is 0.432 e. The second-order valence-electron chi connectivity index (χ2n) is 12.3. The van der Waals surface area contributed by atoms with Crippen LogP contribution in [-0.2, 0) is 0 Å². The molecule has 0 atom stereocenters. The van der Waals surface area contributed by atoms with Crippen LogP contribution in [0.2, 0.25) is 0 Å². The van der Waals surface area contributed by atoms with Crippen molar-refractivity contribution in [2.45, 2.75) is 90.1 Å². The van der Waals surface area contributed by atoms with Crippen LogP contribution >= 0.6 is 0 Å². The van der Waals surface area contributed by atoms with Gasteiger partial charge in [-0.25, -0.2) is 4.39 Å². The molecule has 0 aromatic heterocycles. The third-order valence-corrected chi connectivity index (χ3v) is 9.99. The molecule has 2 nitrogen and oxygen atoms in total. The maximum atomic E-state index is 15.1. The van der Waals surface area contributed by atoms with Crippen LogP contribution in [0.5, 0.6) is 5.75 Å². The fourth-order valence-corrected chi connectivity index (χ4v) is 7.51. The first kappa shape index (κ1) is 27.1. The van der Waals surface area contributed by atoms with Gasteiger partial charge in [0.1, 0.15) is 17.6 Å². The lowest BCUT2D eigenvalue weighted by molar-refractivity contribution is -0.224. The summed E-state index contributed by atoms with van der Waals surface area (Å²) in [5, 5.41) is 8.90. The van der Waals surface area contributed by atoms with E-state index in [4.69, 9.17) is 10.00 Å². The molecule has 3 aliphatic rings. The van der Waals surface area contributed by atoms with Gasteiger partial charge in [-0.1, -0.05) is 38.0 Å². The Morgan fingerprint density at radius 1 is 0.711 bits per heavy atom. The van der Waals surface area contributed by atoms with Crippen molar-refractivity contribution >= 4 is 0 Å². The molecule has 0 aliphatic heterocycles. The molecule has 38 heavy (non-hydrogen) atoms. The first-order valence-electron chi connectivity index (χ1n) is 14.7. The maximum Gasteiger partial charge on any atom is 0.400 e. The molecule has 3 aliphatic carbocycles. The number of ether oxygens (including phenoxy) is 1. The SMILES string of the molecule is CC1CCC(C2CCC(C3CCC(C(F)(F)Oc4ccc(-c5ccc(C#N)c(F)c5)cc4)CC3)CC2)CC1. The first-order valence-corrected chi connectivity index (χ1v) is 14.7. The zero-order chi connectivity index (χ0) is 26.7. The molecule has 5 rings (SSSR count). The van der Waals surface area contributed by atoms with E-state index in [2.05, 4.69) is 6.92 Å². The second kappa shape index (κ2) is 11.7. The smallest absolute Gasteiger partial charge is 0.400 e. The lowest BCUT2D eigenvalue weighted by Gasteiger charge is -2.41. The number of nitriles is 1. The van der Waals surface area contributed by atoms with Crippen molar-refractivity contribution in [3.8, 4) is 22.9 Å². The molecule has 0 spiro atoms. The first-order chi connectivity index (χ1) is 18.3. The maximum absolute atomic E-state index is 15.1. The van der Waals surface area contributed by atoms with Gasteiger partial charge in [-0.15, -0.1) is 0 Å². The highest BCUT2D eigenvalue weighted by atomic mass is 19.3. The van der Waals surface area contributed by atoms with Gasteiger partial charge in [-0.3, -0.25) is 0 Å². The third-order valence-electron chi connectivity index (χ3n) is 9.99. The molecule has 3 saturated carbocycles. The molecule has 2 aromatic carbocycles. The summed E-state index contributed by atoms with van der Waals surface area (Å²) in [5.41, 5.74) is 1.24. The summed E-state index contributed by atoms with van der Waals surface area (Å²) in [7, 11) is 0. The van der Waals surface area contributed by atoms with Crippen LogP contribution in [0.25, 0.3) is 11.1 Å². The quantitative estimate of drug-likeness (QED) is 0.377. The van der Waals surface area contributed by atoms with Gasteiger partial charge in [0.15, 0.2) is 0 Å². The number of benzene rings is 2. The van der Waals surface area contributed by atoms with E-state index in [1.807, 2.05) is 0 Å². The van der Waals surface area contributed by atoms with E-state index in [9.17, 15) is 4.39 Å². The van der Waals surface area contributed by atoms with E-state index < -0.39 is 17.8 Å². The molecule has 0 heterocycles. The summed E-state index contributed by atoms with van der Waals surface area (Å²) in [6, 6.07) is 12.5. The van der Waals surface area contributed by atoms with E-state index >= 15 is 8.78 Å². The zero-order valence-corrected chi connectivity index (χ0v) is 22.5. The second-order valence-corrected chi connectivity index (χ2v) is 12.3. The van der Waals surface area contributed by atoms with Crippen molar-refractivity contribution in [3.63, 3.8) is 0 Å². The van der Waals surface area contributed by atoms with Crippen molar-refractivity contribution in [2.75, 3.05) is 0 Å². The van der Waals surface area contributed by atoms with Crippen molar-refractivity contribution in [1.82, 2.24) is 0 Å². The van der Waals surface area contributed by atoms with E-state index in [0.29, 0.717) is 35.8 Å². The Hall–Kier alpha value is -2.48. The molecular formula is C33H40F3NO. The Morgan fingerprint density at radius 3 is 1.68 bits per heavy atom. The summed E-state index contributed by atoms with van der Waals surface area (Å²) >= 11 is 0. The van der Waals surface area contributed by atoms with Crippen LogP contribution in [0, 0.1) is 52.7 Å². The van der Waals surface area contributed by atoms with Crippen LogP contribution in [0.3, 0.4) is 0 Å². The van der Waals surface area contributed by atoms with Crippen LogP contribution < -0.4 is 4.74 Å². The lowest BCUT2D eigenvalue weighted by Crippen LogP contribution is -2.38. The lowest BCUT2D eigenvalue weighted by atomic mass is 9.65. The number of alkyl halides is 2. The standard InChI is InChI=1S/C33H40F3NO/c1-22-2-4-23(5-3-22)24-6-8-25(9-7-24)26-12-16-30(17-13-26)33(35,36)38-31-18-14-27(15-19-31)28-10-11-29(21-37)32(34)20-28/h10-11,14-15,18-20,22-26,30H,2-9,12-13,16-17H2,1H3. The Kier molecular flexibility index (Phi) is 8.36. The normalized spacial score (nSPS) is 30.4. The number of hydrogen-bond donors (Lipinski definition) is 0. The van der Waals surface area contributed by atoms with E-state index in [0.717, 1.165) is 30.6 Å². The minimum Gasteiger partial charge on any atom is -0.432 e. The predicted octanol–water partition coefficient (Wildman–Crippen LogP) is 9.78. The average Bonchev–Trinajstić information content (AvgIpc) is 2.94. The van der Waals surface area contributed by atoms with E-state index in [1.54, 1.807) is 24.3 Å². The number of nitrogens with zero attached hydrogens (tertiary/aromatic N) is 1. The molecule has 0 unspecified atom stereocenters. The topological polar surface area (TPSA) is 33.0 Å². The molecule has 0 amide bonds. The molecule has 0 bridgehead atoms. The highest BCUT2D eigenvalue weighted by Gasteiger charge is 2.45. The summed E-state index contributed by atoms with van der Waals surface area (Å²) in [4.78, 5) is 0.